The standard InChI is InChI=1S/C15H18N4O3S/c1-2-19(14(20)9-23-15-16-10-17-18-15)8-11-3-4-12-13(7-11)22-6-5-21-12/h3-4,7,10H,2,5-6,8-9H2,1H3,(H,16,17,18). The van der Waals surface area contributed by atoms with Crippen LogP contribution in [-0.4, -0.2) is 51.5 Å². The first-order chi connectivity index (χ1) is 11.3. The Morgan fingerprint density at radius 1 is 1.35 bits per heavy atom. The molecule has 1 aromatic heterocycles. The van der Waals surface area contributed by atoms with Crippen molar-refractivity contribution in [1.29, 1.82) is 0 Å². The van der Waals surface area contributed by atoms with Crippen molar-refractivity contribution in [3.63, 3.8) is 0 Å². The number of amides is 1. The molecule has 1 N–H and O–H groups in total. The van der Waals surface area contributed by atoms with Gasteiger partial charge in [0, 0.05) is 13.1 Å². The van der Waals surface area contributed by atoms with E-state index in [9.17, 15) is 4.79 Å². The van der Waals surface area contributed by atoms with E-state index in [1.165, 1.54) is 18.1 Å². The molecule has 7 nitrogen and oxygen atoms in total. The molecule has 1 aliphatic heterocycles. The molecule has 8 heteroatoms. The lowest BCUT2D eigenvalue weighted by molar-refractivity contribution is -0.128. The highest BCUT2D eigenvalue weighted by atomic mass is 32.2. The van der Waals surface area contributed by atoms with Gasteiger partial charge >= 0.3 is 0 Å². The minimum absolute atomic E-state index is 0.0591. The first-order valence-electron chi connectivity index (χ1n) is 7.40. The third kappa shape index (κ3) is 3.95. The van der Waals surface area contributed by atoms with Crippen LogP contribution in [0.2, 0.25) is 0 Å². The smallest absolute Gasteiger partial charge is 0.233 e. The molecule has 1 aliphatic rings. The summed E-state index contributed by atoms with van der Waals surface area (Å²) in [6.45, 7) is 4.29. The van der Waals surface area contributed by atoms with Crippen LogP contribution in [0.5, 0.6) is 11.5 Å². The Morgan fingerprint density at radius 2 is 2.17 bits per heavy atom. The highest BCUT2D eigenvalue weighted by molar-refractivity contribution is 7.99. The SMILES string of the molecule is CCN(Cc1ccc2c(c1)OCCO2)C(=O)CSc1ncn[nH]1. The van der Waals surface area contributed by atoms with Crippen molar-refractivity contribution in [1.82, 2.24) is 20.1 Å². The maximum Gasteiger partial charge on any atom is 0.233 e. The van der Waals surface area contributed by atoms with E-state index in [1.807, 2.05) is 25.1 Å². The Kier molecular flexibility index (Phi) is 5.02. The first kappa shape index (κ1) is 15.7. The fourth-order valence-electron chi connectivity index (χ4n) is 2.27. The normalized spacial score (nSPS) is 12.9. The number of aromatic amines is 1. The predicted molar refractivity (Wildman–Crippen MR) is 85.6 cm³/mol. The van der Waals surface area contributed by atoms with Gasteiger partial charge in [0.2, 0.25) is 5.91 Å². The van der Waals surface area contributed by atoms with E-state index in [-0.39, 0.29) is 5.91 Å². The van der Waals surface area contributed by atoms with E-state index in [0.717, 1.165) is 17.1 Å². The van der Waals surface area contributed by atoms with Crippen molar-refractivity contribution in [2.24, 2.45) is 0 Å². The molecule has 0 aliphatic carbocycles. The number of thioether (sulfide) groups is 1. The van der Waals surface area contributed by atoms with Crippen molar-refractivity contribution in [3.05, 3.63) is 30.1 Å². The summed E-state index contributed by atoms with van der Waals surface area (Å²) in [7, 11) is 0. The van der Waals surface area contributed by atoms with Crippen LogP contribution in [0.1, 0.15) is 12.5 Å². The zero-order chi connectivity index (χ0) is 16.1. The van der Waals surface area contributed by atoms with Crippen LogP contribution in [0, 0.1) is 0 Å². The Morgan fingerprint density at radius 3 is 2.91 bits per heavy atom. The molecule has 0 fully saturated rings. The van der Waals surface area contributed by atoms with E-state index in [1.54, 1.807) is 4.90 Å². The highest BCUT2D eigenvalue weighted by Crippen LogP contribution is 2.31. The van der Waals surface area contributed by atoms with E-state index in [4.69, 9.17) is 9.47 Å². The lowest BCUT2D eigenvalue weighted by atomic mass is 10.2. The lowest BCUT2D eigenvalue weighted by Crippen LogP contribution is -2.31. The van der Waals surface area contributed by atoms with Gasteiger partial charge in [-0.05, 0) is 24.6 Å². The molecule has 0 radical (unpaired) electrons. The first-order valence-corrected chi connectivity index (χ1v) is 8.39. The molecule has 0 saturated heterocycles. The topological polar surface area (TPSA) is 80.3 Å². The predicted octanol–water partition coefficient (Wildman–Crippen LogP) is 1.72. The van der Waals surface area contributed by atoms with Gasteiger partial charge in [0.15, 0.2) is 16.7 Å². The van der Waals surface area contributed by atoms with Gasteiger partial charge in [-0.25, -0.2) is 4.98 Å². The number of aromatic nitrogens is 3. The number of ether oxygens (including phenoxy) is 2. The zero-order valence-corrected chi connectivity index (χ0v) is 13.6. The van der Waals surface area contributed by atoms with E-state index in [0.29, 0.717) is 37.2 Å². The second kappa shape index (κ2) is 7.36. The van der Waals surface area contributed by atoms with Crippen LogP contribution in [0.3, 0.4) is 0 Å². The van der Waals surface area contributed by atoms with Gasteiger partial charge in [-0.2, -0.15) is 5.10 Å². The van der Waals surface area contributed by atoms with Gasteiger partial charge in [-0.1, -0.05) is 17.8 Å². The number of fused-ring (bicyclic) bond motifs is 1. The van der Waals surface area contributed by atoms with Gasteiger partial charge in [0.05, 0.1) is 5.75 Å². The molecule has 1 amide bonds. The number of rotatable bonds is 6. The summed E-state index contributed by atoms with van der Waals surface area (Å²) >= 11 is 1.35. The average Bonchev–Trinajstić information content (AvgIpc) is 3.11. The summed E-state index contributed by atoms with van der Waals surface area (Å²) in [5.74, 6) is 1.89. The number of nitrogens with one attached hydrogen (secondary N) is 1. The Bertz CT molecular complexity index is 663. The molecule has 1 aromatic carbocycles. The van der Waals surface area contributed by atoms with Crippen LogP contribution in [-0.2, 0) is 11.3 Å². The molecular formula is C15H18N4O3S. The van der Waals surface area contributed by atoms with Crippen molar-refractivity contribution in [2.45, 2.75) is 18.6 Å². The monoisotopic (exact) mass is 334 g/mol. The number of carbonyl (C=O) groups excluding carboxylic acids is 1. The Balaban J connectivity index is 1.61. The van der Waals surface area contributed by atoms with E-state index >= 15 is 0 Å². The minimum atomic E-state index is 0.0591. The van der Waals surface area contributed by atoms with Crippen molar-refractivity contribution in [2.75, 3.05) is 25.5 Å². The number of benzene rings is 1. The third-order valence-electron chi connectivity index (χ3n) is 3.44. The molecule has 0 spiro atoms. The summed E-state index contributed by atoms with van der Waals surface area (Å²) < 4.78 is 11.1. The lowest BCUT2D eigenvalue weighted by Gasteiger charge is -2.23. The number of H-pyrrole nitrogens is 1. The van der Waals surface area contributed by atoms with Gasteiger partial charge in [-0.15, -0.1) is 0 Å². The summed E-state index contributed by atoms with van der Waals surface area (Å²) in [6.07, 6.45) is 1.43. The molecule has 122 valence electrons. The number of carbonyl (C=O) groups is 1. The summed E-state index contributed by atoms with van der Waals surface area (Å²) in [6, 6.07) is 5.80. The summed E-state index contributed by atoms with van der Waals surface area (Å²) in [5.41, 5.74) is 1.02. The van der Waals surface area contributed by atoms with Crippen molar-refractivity contribution in [3.8, 4) is 11.5 Å². The number of hydrogen-bond acceptors (Lipinski definition) is 6. The van der Waals surface area contributed by atoms with Crippen molar-refractivity contribution < 1.29 is 14.3 Å². The van der Waals surface area contributed by atoms with Gasteiger partial charge in [-0.3, -0.25) is 9.89 Å². The minimum Gasteiger partial charge on any atom is -0.486 e. The van der Waals surface area contributed by atoms with Gasteiger partial charge in [0.25, 0.3) is 0 Å². The van der Waals surface area contributed by atoms with Gasteiger partial charge < -0.3 is 14.4 Å². The summed E-state index contributed by atoms with van der Waals surface area (Å²) in [4.78, 5) is 18.2. The Hall–Kier alpha value is -2.22. The maximum atomic E-state index is 12.3. The molecule has 0 bridgehead atoms. The third-order valence-corrected chi connectivity index (χ3v) is 4.30. The van der Waals surface area contributed by atoms with Gasteiger partial charge in [0.1, 0.15) is 19.5 Å². The molecule has 3 rings (SSSR count). The molecule has 0 saturated carbocycles. The molecule has 23 heavy (non-hydrogen) atoms. The molecule has 2 heterocycles. The number of hydrogen-bond donors (Lipinski definition) is 1. The molecule has 2 aromatic rings. The molecular weight excluding hydrogens is 316 g/mol. The van der Waals surface area contributed by atoms with Crippen LogP contribution < -0.4 is 9.47 Å². The van der Waals surface area contributed by atoms with Crippen molar-refractivity contribution >= 4 is 17.7 Å². The second-order valence-corrected chi connectivity index (χ2v) is 5.93. The van der Waals surface area contributed by atoms with Crippen LogP contribution in [0.4, 0.5) is 0 Å². The van der Waals surface area contributed by atoms with Crippen LogP contribution in [0.15, 0.2) is 29.7 Å². The summed E-state index contributed by atoms with van der Waals surface area (Å²) in [5, 5.41) is 7.15. The zero-order valence-electron chi connectivity index (χ0n) is 12.8. The molecule has 0 atom stereocenters. The maximum absolute atomic E-state index is 12.3. The second-order valence-electron chi connectivity index (χ2n) is 4.97. The van der Waals surface area contributed by atoms with Crippen LogP contribution in [0.25, 0.3) is 0 Å². The largest absolute Gasteiger partial charge is 0.486 e. The molecule has 0 unspecified atom stereocenters. The number of nitrogens with zero attached hydrogens (tertiary/aromatic N) is 3. The fourth-order valence-corrected chi connectivity index (χ4v) is 2.95. The highest BCUT2D eigenvalue weighted by Gasteiger charge is 2.16. The fraction of sp³-hybridized carbons (Fsp3) is 0.400. The average molecular weight is 334 g/mol. The van der Waals surface area contributed by atoms with E-state index < -0.39 is 0 Å². The van der Waals surface area contributed by atoms with Crippen LogP contribution >= 0.6 is 11.8 Å². The Labute approximate surface area is 138 Å². The quantitative estimate of drug-likeness (QED) is 0.810. The van der Waals surface area contributed by atoms with E-state index in [2.05, 4.69) is 15.2 Å².